The average molecular weight is 242 g/mol. The lowest BCUT2D eigenvalue weighted by Crippen LogP contribution is -2.19. The van der Waals surface area contributed by atoms with Gasteiger partial charge in [-0.05, 0) is 18.3 Å². The van der Waals surface area contributed by atoms with E-state index in [1.165, 1.54) is 0 Å². The number of carboxylic acid groups (broad SMARTS) is 2. The van der Waals surface area contributed by atoms with Gasteiger partial charge in [-0.1, -0.05) is 40.0 Å². The Morgan fingerprint density at radius 2 is 1.76 bits per heavy atom. The second-order valence-electron chi connectivity index (χ2n) is 4.59. The van der Waals surface area contributed by atoms with E-state index in [1.54, 1.807) is 0 Å². The molecule has 0 aromatic heterocycles. The molecule has 0 saturated heterocycles. The number of carbonyl (C=O) groups is 2. The largest absolute Gasteiger partial charge is 0.478 e. The predicted molar refractivity (Wildman–Crippen MR) is 65.8 cm³/mol. The molecular formula is C13H22O4. The highest BCUT2D eigenvalue weighted by Crippen LogP contribution is 2.26. The predicted octanol–water partition coefficient (Wildman–Crippen LogP) is 2.93. The fourth-order valence-corrected chi connectivity index (χ4v) is 1.92. The van der Waals surface area contributed by atoms with Crippen molar-refractivity contribution in [1.29, 1.82) is 0 Å². The third-order valence-corrected chi connectivity index (χ3v) is 2.85. The van der Waals surface area contributed by atoms with Crippen molar-refractivity contribution in [3.63, 3.8) is 0 Å². The molecule has 0 rings (SSSR count). The molecule has 0 aromatic carbocycles. The van der Waals surface area contributed by atoms with E-state index in [4.69, 9.17) is 10.2 Å². The molecule has 0 amide bonds. The molecule has 2 N–H and O–H groups in total. The Morgan fingerprint density at radius 1 is 1.18 bits per heavy atom. The van der Waals surface area contributed by atoms with Gasteiger partial charge in [0.05, 0.1) is 0 Å². The van der Waals surface area contributed by atoms with Crippen LogP contribution in [0.2, 0.25) is 0 Å². The van der Waals surface area contributed by atoms with E-state index in [9.17, 15) is 9.59 Å². The van der Waals surface area contributed by atoms with Gasteiger partial charge < -0.3 is 10.2 Å². The zero-order valence-electron chi connectivity index (χ0n) is 10.8. The maximum atomic E-state index is 11.1. The van der Waals surface area contributed by atoms with Crippen LogP contribution in [0.4, 0.5) is 0 Å². The number of hydrogen-bond donors (Lipinski definition) is 2. The summed E-state index contributed by atoms with van der Waals surface area (Å²) in [6.07, 6.45) is 4.61. The summed E-state index contributed by atoms with van der Waals surface area (Å²) in [6, 6.07) is 0. The molecule has 0 radical (unpaired) electrons. The van der Waals surface area contributed by atoms with Gasteiger partial charge >= 0.3 is 11.9 Å². The first-order valence-corrected chi connectivity index (χ1v) is 6.07. The zero-order chi connectivity index (χ0) is 13.4. The van der Waals surface area contributed by atoms with Crippen molar-refractivity contribution in [2.75, 3.05) is 0 Å². The molecule has 0 spiro atoms. The van der Waals surface area contributed by atoms with Gasteiger partial charge in [0.25, 0.3) is 0 Å². The van der Waals surface area contributed by atoms with Crippen LogP contribution in [-0.2, 0) is 9.59 Å². The van der Waals surface area contributed by atoms with Gasteiger partial charge in [-0.15, -0.1) is 0 Å². The minimum Gasteiger partial charge on any atom is -0.478 e. The van der Waals surface area contributed by atoms with Gasteiger partial charge in [0.1, 0.15) is 0 Å². The zero-order valence-corrected chi connectivity index (χ0v) is 10.8. The highest BCUT2D eigenvalue weighted by molar-refractivity contribution is 5.95. The van der Waals surface area contributed by atoms with Crippen LogP contribution in [0.5, 0.6) is 0 Å². The van der Waals surface area contributed by atoms with Crippen molar-refractivity contribution >= 4 is 11.9 Å². The van der Waals surface area contributed by atoms with E-state index in [2.05, 4.69) is 6.92 Å². The first-order valence-electron chi connectivity index (χ1n) is 6.07. The lowest BCUT2D eigenvalue weighted by Gasteiger charge is -2.21. The first kappa shape index (κ1) is 15.7. The summed E-state index contributed by atoms with van der Waals surface area (Å²) >= 11 is 0. The number of carboxylic acids is 2. The van der Waals surface area contributed by atoms with Crippen LogP contribution >= 0.6 is 0 Å². The van der Waals surface area contributed by atoms with Gasteiger partial charge in [-0.25, -0.2) is 9.59 Å². The molecule has 0 aromatic rings. The quantitative estimate of drug-likeness (QED) is 0.507. The van der Waals surface area contributed by atoms with Crippen molar-refractivity contribution in [2.45, 2.75) is 46.5 Å². The average Bonchev–Trinajstić information content (AvgIpc) is 2.20. The number of unbranched alkanes of at least 4 members (excludes halogenated alkanes) is 2. The van der Waals surface area contributed by atoms with Gasteiger partial charge in [0.15, 0.2) is 0 Å². The van der Waals surface area contributed by atoms with E-state index >= 15 is 0 Å². The van der Waals surface area contributed by atoms with E-state index in [0.29, 0.717) is 0 Å². The minimum absolute atomic E-state index is 0.0172. The summed E-state index contributed by atoms with van der Waals surface area (Å²) in [5.74, 6) is -2.37. The smallest absolute Gasteiger partial charge is 0.332 e. The third kappa shape index (κ3) is 6.09. The molecule has 0 saturated carbocycles. The fourth-order valence-electron chi connectivity index (χ4n) is 1.92. The molecule has 4 nitrogen and oxygen atoms in total. The monoisotopic (exact) mass is 242 g/mol. The number of hydrogen-bond acceptors (Lipinski definition) is 2. The molecule has 0 fully saturated rings. The highest BCUT2D eigenvalue weighted by atomic mass is 16.4. The summed E-state index contributed by atoms with van der Waals surface area (Å²) in [4.78, 5) is 21.7. The van der Waals surface area contributed by atoms with Crippen molar-refractivity contribution in [1.82, 2.24) is 0 Å². The van der Waals surface area contributed by atoms with Crippen LogP contribution in [0.3, 0.4) is 0 Å². The molecule has 98 valence electrons. The van der Waals surface area contributed by atoms with E-state index < -0.39 is 11.9 Å². The molecule has 0 aliphatic rings. The molecule has 1 atom stereocenters. The highest BCUT2D eigenvalue weighted by Gasteiger charge is 2.24. The Balaban J connectivity index is 4.85. The Labute approximate surface area is 102 Å². The second-order valence-corrected chi connectivity index (χ2v) is 4.59. The normalized spacial score (nSPS) is 13.8. The molecule has 0 bridgehead atoms. The third-order valence-electron chi connectivity index (χ3n) is 2.85. The Hall–Kier alpha value is -1.32. The van der Waals surface area contributed by atoms with Crippen LogP contribution in [-0.4, -0.2) is 22.2 Å². The lowest BCUT2D eigenvalue weighted by atomic mass is 9.83. The topological polar surface area (TPSA) is 74.6 Å². The molecule has 4 heteroatoms. The van der Waals surface area contributed by atoms with Crippen molar-refractivity contribution in [3.8, 4) is 0 Å². The summed E-state index contributed by atoms with van der Waals surface area (Å²) in [7, 11) is 0. The fraction of sp³-hybridized carbons (Fsp3) is 0.692. The summed E-state index contributed by atoms with van der Waals surface area (Å²) in [6.45, 7) is 5.93. The van der Waals surface area contributed by atoms with Gasteiger partial charge in [0, 0.05) is 11.6 Å². The van der Waals surface area contributed by atoms with Crippen LogP contribution in [0.15, 0.2) is 11.6 Å². The van der Waals surface area contributed by atoms with E-state index in [0.717, 1.165) is 31.8 Å². The van der Waals surface area contributed by atoms with Crippen LogP contribution in [0.25, 0.3) is 0 Å². The maximum Gasteiger partial charge on any atom is 0.332 e. The molecule has 17 heavy (non-hydrogen) atoms. The Kier molecular flexibility index (Phi) is 7.26. The molecule has 0 heterocycles. The number of rotatable bonds is 8. The molecule has 1 unspecified atom stereocenters. The minimum atomic E-state index is -1.19. The van der Waals surface area contributed by atoms with E-state index in [1.807, 2.05) is 13.8 Å². The van der Waals surface area contributed by atoms with Gasteiger partial charge in [0.2, 0.25) is 0 Å². The van der Waals surface area contributed by atoms with Crippen molar-refractivity contribution in [2.24, 2.45) is 11.8 Å². The van der Waals surface area contributed by atoms with Crippen LogP contribution in [0.1, 0.15) is 46.5 Å². The first-order chi connectivity index (χ1) is 7.90. The van der Waals surface area contributed by atoms with Crippen LogP contribution < -0.4 is 0 Å². The standard InChI is InChI=1S/C13H22O4/c1-4-5-6-7-10(9(2)3)11(13(16)17)8-12(14)15/h8-10H,4-7H2,1-3H3,(H,14,15)(H,16,17). The molecular weight excluding hydrogens is 220 g/mol. The Bertz CT molecular complexity index is 292. The van der Waals surface area contributed by atoms with Crippen molar-refractivity contribution < 1.29 is 19.8 Å². The van der Waals surface area contributed by atoms with Gasteiger partial charge in [-0.2, -0.15) is 0 Å². The summed E-state index contributed by atoms with van der Waals surface area (Å²) in [5, 5.41) is 17.8. The van der Waals surface area contributed by atoms with E-state index in [-0.39, 0.29) is 17.4 Å². The molecule has 0 aliphatic carbocycles. The lowest BCUT2D eigenvalue weighted by molar-refractivity contribution is -0.135. The van der Waals surface area contributed by atoms with Crippen molar-refractivity contribution in [3.05, 3.63) is 11.6 Å². The van der Waals surface area contributed by atoms with Gasteiger partial charge in [-0.3, -0.25) is 0 Å². The Morgan fingerprint density at radius 3 is 2.12 bits per heavy atom. The summed E-state index contributed by atoms with van der Waals surface area (Å²) in [5.41, 5.74) is 0.0172. The SMILES string of the molecule is CCCCCC(C(=CC(=O)O)C(=O)O)C(C)C. The van der Waals surface area contributed by atoms with Crippen LogP contribution in [0, 0.1) is 11.8 Å². The second kappa shape index (κ2) is 7.87. The summed E-state index contributed by atoms with van der Waals surface area (Å²) < 4.78 is 0. The maximum absolute atomic E-state index is 11.1. The number of aliphatic carboxylic acids is 2. The molecule has 0 aliphatic heterocycles.